The predicted octanol–water partition coefficient (Wildman–Crippen LogP) is 6.68. The van der Waals surface area contributed by atoms with Gasteiger partial charge in [-0.2, -0.15) is 10.5 Å². The Bertz CT molecular complexity index is 1760. The third kappa shape index (κ3) is 5.49. The number of pyridine rings is 1. The van der Waals surface area contributed by atoms with E-state index in [9.17, 15) is 11.9 Å². The summed E-state index contributed by atoms with van der Waals surface area (Å²) in [7, 11) is 0. The van der Waals surface area contributed by atoms with Gasteiger partial charge < -0.3 is 16.1 Å². The zero-order valence-corrected chi connectivity index (χ0v) is 23.2. The molecule has 1 aliphatic carbocycles. The van der Waals surface area contributed by atoms with E-state index in [-0.39, 0.29) is 6.04 Å². The Balaban J connectivity index is 1.45. The molecule has 1 saturated carbocycles. The normalized spacial score (nSPS) is 16.9. The minimum absolute atomic E-state index is 0.0457. The van der Waals surface area contributed by atoms with Crippen molar-refractivity contribution in [2.45, 2.75) is 44.3 Å². The number of nitrogens with one attached hydrogen (secondary N) is 4. The fourth-order valence-corrected chi connectivity index (χ4v) is 5.31. The molecule has 41 heavy (non-hydrogen) atoms. The quantitative estimate of drug-likeness (QED) is 0.179. The van der Waals surface area contributed by atoms with Crippen LogP contribution in [0.2, 0.25) is 5.02 Å². The third-order valence-electron chi connectivity index (χ3n) is 7.32. The monoisotopic (exact) mass is 561 g/mol. The van der Waals surface area contributed by atoms with E-state index in [2.05, 4.69) is 57.8 Å². The van der Waals surface area contributed by atoms with Crippen LogP contribution in [0.4, 0.5) is 11.4 Å². The summed E-state index contributed by atoms with van der Waals surface area (Å²) >= 11 is 6.80. The van der Waals surface area contributed by atoms with Crippen LogP contribution in [-0.4, -0.2) is 16.0 Å². The second-order valence-corrected chi connectivity index (χ2v) is 10.5. The molecule has 204 valence electrons. The molecule has 0 bridgehead atoms. The first-order valence-electron chi connectivity index (χ1n) is 14.1. The van der Waals surface area contributed by atoms with Crippen LogP contribution in [0.25, 0.3) is 10.9 Å². The summed E-state index contributed by atoms with van der Waals surface area (Å²) < 4.78 is 9.74. The summed E-state index contributed by atoms with van der Waals surface area (Å²) in [5.74, 6) is 0. The molecule has 1 fully saturated rings. The van der Waals surface area contributed by atoms with Crippen LogP contribution in [0.1, 0.15) is 61.9 Å². The summed E-state index contributed by atoms with van der Waals surface area (Å²) in [5.41, 5.74) is 11.1. The molecule has 1 aliphatic heterocycles. The molecule has 6 rings (SSSR count). The highest BCUT2D eigenvalue weighted by Gasteiger charge is 2.32. The largest absolute Gasteiger partial charge is 0.377 e. The Hall–Kier alpha value is -4.76. The van der Waals surface area contributed by atoms with Gasteiger partial charge in [-0.05, 0) is 54.7 Å². The number of nitrogens with zero attached hydrogens (tertiary/aromatic N) is 4. The average molecular weight is 562 g/mol. The van der Waals surface area contributed by atoms with Crippen molar-refractivity contribution in [1.82, 2.24) is 21.0 Å². The smallest absolute Gasteiger partial charge is 0.103 e. The minimum Gasteiger partial charge on any atom is -0.377 e. The number of hydrogen-bond donors (Lipinski definition) is 4. The van der Waals surface area contributed by atoms with Crippen LogP contribution in [0, 0.1) is 22.7 Å². The zero-order chi connectivity index (χ0) is 29.3. The molecule has 3 aromatic carbocycles. The number of aromatic nitrogens is 1. The minimum atomic E-state index is -1.51. The maximum Gasteiger partial charge on any atom is 0.103 e. The van der Waals surface area contributed by atoms with E-state index in [1.165, 1.54) is 6.20 Å². The van der Waals surface area contributed by atoms with Crippen molar-refractivity contribution in [2.75, 3.05) is 10.6 Å². The number of halogens is 1. The van der Waals surface area contributed by atoms with Gasteiger partial charge >= 0.3 is 0 Å². The van der Waals surface area contributed by atoms with Gasteiger partial charge in [0.25, 0.3) is 0 Å². The van der Waals surface area contributed by atoms with Gasteiger partial charge in [-0.3, -0.25) is 9.99 Å². The number of benzene rings is 3. The van der Waals surface area contributed by atoms with Crippen LogP contribution >= 0.6 is 11.6 Å². The van der Waals surface area contributed by atoms with E-state index >= 15 is 0 Å². The summed E-state index contributed by atoms with van der Waals surface area (Å²) in [6.45, 7) is 2.09. The summed E-state index contributed by atoms with van der Waals surface area (Å²) in [5, 5.41) is 29.6. The first-order chi connectivity index (χ1) is 20.4. The van der Waals surface area contributed by atoms with Crippen LogP contribution < -0.4 is 21.6 Å². The van der Waals surface area contributed by atoms with Gasteiger partial charge in [0, 0.05) is 29.5 Å². The molecular formula is C32H29ClN8. The Kier molecular flexibility index (Phi) is 7.00. The van der Waals surface area contributed by atoms with Crippen LogP contribution in [0.3, 0.4) is 0 Å². The predicted molar refractivity (Wildman–Crippen MR) is 161 cm³/mol. The van der Waals surface area contributed by atoms with Gasteiger partial charge in [0.05, 0.1) is 52.6 Å². The summed E-state index contributed by atoms with van der Waals surface area (Å²) in [4.78, 5) is 4.50. The zero-order valence-electron chi connectivity index (χ0n) is 23.4. The first-order valence-corrected chi connectivity index (χ1v) is 14.0. The second-order valence-electron chi connectivity index (χ2n) is 10.1. The Labute approximate surface area is 245 Å². The van der Waals surface area contributed by atoms with Crippen molar-refractivity contribution in [3.63, 3.8) is 0 Å². The molecule has 8 nitrogen and oxygen atoms in total. The SMILES string of the molecule is [2H]C(Nc1cc(Cl)c2ncc(C#N)c(N[C@H](CC)c3ccccc3)c2c1)(C1=CN(C2CC2)NN1)c1cccc(C#N)c1. The fraction of sp³-hybridized carbons (Fsp3) is 0.219. The lowest BCUT2D eigenvalue weighted by Gasteiger charge is -2.24. The van der Waals surface area contributed by atoms with Gasteiger partial charge in [-0.1, -0.05) is 61.0 Å². The molecule has 4 N–H and O–H groups in total. The van der Waals surface area contributed by atoms with Gasteiger partial charge in [-0.25, -0.2) is 0 Å². The molecule has 0 radical (unpaired) electrons. The van der Waals surface area contributed by atoms with Crippen LogP contribution in [0.15, 0.2) is 84.8 Å². The molecular weight excluding hydrogens is 532 g/mol. The highest BCUT2D eigenvalue weighted by atomic mass is 35.5. The van der Waals surface area contributed by atoms with Crippen molar-refractivity contribution in [3.05, 3.63) is 112 Å². The molecule has 1 aromatic heterocycles. The summed E-state index contributed by atoms with van der Waals surface area (Å²) in [6, 6.07) is 24.0. The Morgan fingerprint density at radius 3 is 2.61 bits per heavy atom. The maximum atomic E-state index is 10.0. The fourth-order valence-electron chi connectivity index (χ4n) is 5.04. The lowest BCUT2D eigenvalue weighted by molar-refractivity contribution is 0.260. The highest BCUT2D eigenvalue weighted by molar-refractivity contribution is 6.35. The van der Waals surface area contributed by atoms with Crippen molar-refractivity contribution >= 4 is 33.9 Å². The van der Waals surface area contributed by atoms with Crippen molar-refractivity contribution in [3.8, 4) is 12.1 Å². The number of hydrogen-bond acceptors (Lipinski definition) is 8. The number of fused-ring (bicyclic) bond motifs is 1. The molecule has 4 aromatic rings. The topological polar surface area (TPSA) is 112 Å². The van der Waals surface area contributed by atoms with Gasteiger partial charge in [-0.15, -0.1) is 5.53 Å². The Morgan fingerprint density at radius 2 is 1.88 bits per heavy atom. The van der Waals surface area contributed by atoms with E-state index in [1.807, 2.05) is 41.5 Å². The van der Waals surface area contributed by atoms with Gasteiger partial charge in [0.2, 0.25) is 0 Å². The Morgan fingerprint density at radius 1 is 1.07 bits per heavy atom. The lowest BCUT2D eigenvalue weighted by Crippen LogP contribution is -2.38. The van der Waals surface area contributed by atoms with Crippen molar-refractivity contribution < 1.29 is 1.37 Å². The van der Waals surface area contributed by atoms with E-state index in [0.29, 0.717) is 55.7 Å². The number of nitriles is 2. The molecule has 0 spiro atoms. The molecule has 2 heterocycles. The summed E-state index contributed by atoms with van der Waals surface area (Å²) in [6.07, 6.45) is 6.38. The number of rotatable bonds is 9. The van der Waals surface area contributed by atoms with E-state index in [0.717, 1.165) is 24.8 Å². The van der Waals surface area contributed by atoms with Crippen molar-refractivity contribution in [1.29, 1.82) is 10.5 Å². The van der Waals surface area contributed by atoms with Crippen molar-refractivity contribution in [2.24, 2.45) is 0 Å². The average Bonchev–Trinajstić information content (AvgIpc) is 3.75. The molecule has 2 aliphatic rings. The molecule has 0 amide bonds. The van der Waals surface area contributed by atoms with Crippen LogP contribution in [-0.2, 0) is 0 Å². The van der Waals surface area contributed by atoms with E-state index < -0.39 is 6.02 Å². The standard InChI is InChI=1S/C32H29ClN8/c1-2-28(21-8-4-3-5-9-21)38-30-23(17-35)18-36-32-26(30)14-24(15-27(32)33)37-31(22-10-6-7-20(13-22)16-34)29-19-41(40-39-29)25-11-12-25/h3-10,13-15,18-19,25,28,31,37,39-40H,2,11-12H2,1H3,(H,36,38)/t28-,31?/m1/s1/i31D. The van der Waals surface area contributed by atoms with Gasteiger partial charge in [0.15, 0.2) is 0 Å². The third-order valence-corrected chi connectivity index (χ3v) is 7.61. The number of hydrazine groups is 2. The molecule has 1 unspecified atom stereocenters. The first kappa shape index (κ1) is 25.2. The van der Waals surface area contributed by atoms with E-state index in [1.54, 1.807) is 24.3 Å². The second kappa shape index (κ2) is 11.4. The number of anilines is 2. The maximum absolute atomic E-state index is 10.0. The molecule has 0 saturated heterocycles. The molecule has 9 heteroatoms. The van der Waals surface area contributed by atoms with Crippen LogP contribution in [0.5, 0.6) is 0 Å². The highest BCUT2D eigenvalue weighted by Crippen LogP contribution is 2.38. The van der Waals surface area contributed by atoms with Gasteiger partial charge in [0.1, 0.15) is 6.07 Å². The van der Waals surface area contributed by atoms with E-state index in [4.69, 9.17) is 11.6 Å². The molecule has 2 atom stereocenters. The lowest BCUT2D eigenvalue weighted by atomic mass is 10.0.